The van der Waals surface area contributed by atoms with Crippen LogP contribution in [0.1, 0.15) is 60.3 Å². The van der Waals surface area contributed by atoms with Crippen LogP contribution < -0.4 is 10.6 Å². The first-order chi connectivity index (χ1) is 11.7. The van der Waals surface area contributed by atoms with E-state index < -0.39 is 11.7 Å². The number of nitrogens with zero attached hydrogens (tertiary/aromatic N) is 1. The van der Waals surface area contributed by atoms with Gasteiger partial charge in [-0.25, -0.2) is 4.79 Å². The quantitative estimate of drug-likeness (QED) is 0.763. The molecule has 1 aliphatic heterocycles. The number of nitrogens with one attached hydrogen (secondary N) is 2. The van der Waals surface area contributed by atoms with E-state index in [1.165, 1.54) is 0 Å². The number of ether oxygens (including phenoxy) is 1. The van der Waals surface area contributed by atoms with Gasteiger partial charge in [0, 0.05) is 25.0 Å². The zero-order valence-electron chi connectivity index (χ0n) is 16.2. The SMILES string of the molecule is CCC(CC)C(=O)NC1CCN(C(=O)CNC(=O)OC(C)(C)C)CC1. The number of rotatable bonds is 6. The lowest BCUT2D eigenvalue weighted by atomic mass is 9.99. The predicted octanol–water partition coefficient (Wildman–Crippen LogP) is 2.05. The molecule has 1 rings (SSSR count). The normalized spacial score (nSPS) is 15.8. The van der Waals surface area contributed by atoms with E-state index in [4.69, 9.17) is 4.74 Å². The molecular formula is C18H33N3O4. The lowest BCUT2D eigenvalue weighted by molar-refractivity contribution is -0.131. The summed E-state index contributed by atoms with van der Waals surface area (Å²) in [5.74, 6) is 0.0506. The Kier molecular flexibility index (Phi) is 8.19. The van der Waals surface area contributed by atoms with Crippen LogP contribution >= 0.6 is 0 Å². The van der Waals surface area contributed by atoms with Crippen LogP contribution in [0.25, 0.3) is 0 Å². The molecule has 1 heterocycles. The van der Waals surface area contributed by atoms with Gasteiger partial charge in [0.15, 0.2) is 0 Å². The number of likely N-dealkylation sites (tertiary alicyclic amines) is 1. The second-order valence-electron chi connectivity index (χ2n) is 7.53. The van der Waals surface area contributed by atoms with Crippen molar-refractivity contribution < 1.29 is 19.1 Å². The second-order valence-corrected chi connectivity index (χ2v) is 7.53. The van der Waals surface area contributed by atoms with Gasteiger partial charge in [0.1, 0.15) is 12.1 Å². The minimum absolute atomic E-state index is 0.0673. The van der Waals surface area contributed by atoms with Crippen molar-refractivity contribution in [1.82, 2.24) is 15.5 Å². The number of alkyl carbamates (subject to hydrolysis) is 1. The first-order valence-electron chi connectivity index (χ1n) is 9.21. The molecule has 3 amide bonds. The lowest BCUT2D eigenvalue weighted by Gasteiger charge is -2.33. The van der Waals surface area contributed by atoms with Gasteiger partial charge in [0.2, 0.25) is 11.8 Å². The van der Waals surface area contributed by atoms with Crippen molar-refractivity contribution in [1.29, 1.82) is 0 Å². The van der Waals surface area contributed by atoms with E-state index in [1.54, 1.807) is 25.7 Å². The van der Waals surface area contributed by atoms with E-state index >= 15 is 0 Å². The summed E-state index contributed by atoms with van der Waals surface area (Å²) in [6, 6.07) is 0.121. The lowest BCUT2D eigenvalue weighted by Crippen LogP contribution is -2.50. The van der Waals surface area contributed by atoms with Crippen LogP contribution in [0.5, 0.6) is 0 Å². The Balaban J connectivity index is 2.32. The maximum atomic E-state index is 12.2. The Morgan fingerprint density at radius 2 is 1.68 bits per heavy atom. The average Bonchev–Trinajstić information content (AvgIpc) is 2.53. The molecule has 7 heteroatoms. The topological polar surface area (TPSA) is 87.7 Å². The minimum Gasteiger partial charge on any atom is -0.444 e. The number of hydrogen-bond acceptors (Lipinski definition) is 4. The van der Waals surface area contributed by atoms with Gasteiger partial charge in [-0.15, -0.1) is 0 Å². The molecule has 144 valence electrons. The maximum absolute atomic E-state index is 12.2. The van der Waals surface area contributed by atoms with Crippen molar-refractivity contribution in [3.63, 3.8) is 0 Å². The van der Waals surface area contributed by atoms with Crippen LogP contribution in [0.3, 0.4) is 0 Å². The highest BCUT2D eigenvalue weighted by atomic mass is 16.6. The smallest absolute Gasteiger partial charge is 0.408 e. The molecule has 0 unspecified atom stereocenters. The van der Waals surface area contributed by atoms with Crippen LogP contribution in [0.4, 0.5) is 4.79 Å². The average molecular weight is 355 g/mol. The Bertz CT molecular complexity index is 461. The summed E-state index contributed by atoms with van der Waals surface area (Å²) in [7, 11) is 0. The van der Waals surface area contributed by atoms with E-state index in [0.29, 0.717) is 13.1 Å². The van der Waals surface area contributed by atoms with Gasteiger partial charge in [-0.3, -0.25) is 9.59 Å². The molecule has 0 radical (unpaired) electrons. The number of piperidine rings is 1. The summed E-state index contributed by atoms with van der Waals surface area (Å²) in [6.07, 6.45) is 2.58. The van der Waals surface area contributed by atoms with Crippen molar-refractivity contribution in [2.45, 2.75) is 71.9 Å². The van der Waals surface area contributed by atoms with Crippen LogP contribution in [-0.2, 0) is 14.3 Å². The highest BCUT2D eigenvalue weighted by Crippen LogP contribution is 2.13. The molecule has 0 spiro atoms. The molecule has 0 saturated carbocycles. The second kappa shape index (κ2) is 9.63. The molecular weight excluding hydrogens is 322 g/mol. The highest BCUT2D eigenvalue weighted by molar-refractivity contribution is 5.82. The Morgan fingerprint density at radius 1 is 1.12 bits per heavy atom. The standard InChI is InChI=1S/C18H33N3O4/c1-6-13(7-2)16(23)20-14-8-10-21(11-9-14)15(22)12-19-17(24)25-18(3,4)5/h13-14H,6-12H2,1-5H3,(H,19,24)(H,20,23). The van der Waals surface area contributed by atoms with Crippen LogP contribution in [0.15, 0.2) is 0 Å². The molecule has 0 bridgehead atoms. The first kappa shape index (κ1) is 21.3. The van der Waals surface area contributed by atoms with Crippen molar-refractivity contribution in [3.8, 4) is 0 Å². The van der Waals surface area contributed by atoms with Gasteiger partial charge in [0.25, 0.3) is 0 Å². The summed E-state index contributed by atoms with van der Waals surface area (Å²) in [6.45, 7) is 10.5. The fraction of sp³-hybridized carbons (Fsp3) is 0.833. The predicted molar refractivity (Wildman–Crippen MR) is 96.1 cm³/mol. The third-order valence-electron chi connectivity index (χ3n) is 4.33. The Hall–Kier alpha value is -1.79. The molecule has 0 aliphatic carbocycles. The van der Waals surface area contributed by atoms with E-state index in [2.05, 4.69) is 10.6 Å². The van der Waals surface area contributed by atoms with E-state index in [1.807, 2.05) is 13.8 Å². The van der Waals surface area contributed by atoms with Crippen LogP contribution in [0, 0.1) is 5.92 Å². The molecule has 0 aromatic heterocycles. The molecule has 1 aliphatic rings. The third kappa shape index (κ3) is 7.75. The van der Waals surface area contributed by atoms with E-state index in [9.17, 15) is 14.4 Å². The largest absolute Gasteiger partial charge is 0.444 e. The fourth-order valence-electron chi connectivity index (χ4n) is 2.83. The number of hydrogen-bond donors (Lipinski definition) is 2. The molecule has 25 heavy (non-hydrogen) atoms. The molecule has 1 saturated heterocycles. The summed E-state index contributed by atoms with van der Waals surface area (Å²) >= 11 is 0. The molecule has 2 N–H and O–H groups in total. The van der Waals surface area contributed by atoms with Crippen molar-refractivity contribution in [2.24, 2.45) is 5.92 Å². The summed E-state index contributed by atoms with van der Waals surface area (Å²) in [4.78, 5) is 37.6. The fourth-order valence-corrected chi connectivity index (χ4v) is 2.83. The van der Waals surface area contributed by atoms with Crippen LogP contribution in [-0.4, -0.2) is 54.1 Å². The number of carbonyl (C=O) groups is 3. The third-order valence-corrected chi connectivity index (χ3v) is 4.33. The first-order valence-corrected chi connectivity index (χ1v) is 9.21. The van der Waals surface area contributed by atoms with Crippen molar-refractivity contribution in [3.05, 3.63) is 0 Å². The molecule has 7 nitrogen and oxygen atoms in total. The zero-order valence-corrected chi connectivity index (χ0v) is 16.2. The van der Waals surface area contributed by atoms with E-state index in [0.717, 1.165) is 25.7 Å². The minimum atomic E-state index is -0.590. The van der Waals surface area contributed by atoms with Crippen molar-refractivity contribution in [2.75, 3.05) is 19.6 Å². The van der Waals surface area contributed by atoms with Crippen molar-refractivity contribution >= 4 is 17.9 Å². The Labute approximate surface area is 150 Å². The monoisotopic (exact) mass is 355 g/mol. The number of amides is 3. The van der Waals surface area contributed by atoms with Gasteiger partial charge >= 0.3 is 6.09 Å². The van der Waals surface area contributed by atoms with Crippen LogP contribution in [0.2, 0.25) is 0 Å². The highest BCUT2D eigenvalue weighted by Gasteiger charge is 2.26. The summed E-state index contributed by atoms with van der Waals surface area (Å²) < 4.78 is 5.11. The molecule has 1 fully saturated rings. The molecule has 0 aromatic carbocycles. The Morgan fingerprint density at radius 3 is 2.16 bits per heavy atom. The van der Waals surface area contributed by atoms with E-state index in [-0.39, 0.29) is 30.3 Å². The molecule has 0 aromatic rings. The van der Waals surface area contributed by atoms with Gasteiger partial charge in [-0.05, 0) is 46.5 Å². The summed E-state index contributed by atoms with van der Waals surface area (Å²) in [5, 5.41) is 5.58. The summed E-state index contributed by atoms with van der Waals surface area (Å²) in [5.41, 5.74) is -0.585. The maximum Gasteiger partial charge on any atom is 0.408 e. The van der Waals surface area contributed by atoms with Gasteiger partial charge in [0.05, 0.1) is 0 Å². The van der Waals surface area contributed by atoms with Gasteiger partial charge in [-0.1, -0.05) is 13.8 Å². The zero-order chi connectivity index (χ0) is 19.0. The molecule has 0 atom stereocenters. The van der Waals surface area contributed by atoms with Gasteiger partial charge < -0.3 is 20.3 Å². The number of carbonyl (C=O) groups excluding carboxylic acids is 3. The van der Waals surface area contributed by atoms with Gasteiger partial charge in [-0.2, -0.15) is 0 Å².